The fraction of sp³-hybridized carbons (Fsp3) is 0.278. The molecular weight excluding hydrogens is 330 g/mol. The summed E-state index contributed by atoms with van der Waals surface area (Å²) < 4.78 is 15.7. The van der Waals surface area contributed by atoms with Crippen LogP contribution in [0.15, 0.2) is 30.3 Å². The highest BCUT2D eigenvalue weighted by Crippen LogP contribution is 2.27. The first-order valence-electron chi connectivity index (χ1n) is 7.32. The van der Waals surface area contributed by atoms with Crippen LogP contribution in [0.3, 0.4) is 0 Å². The van der Waals surface area contributed by atoms with Crippen LogP contribution in [0.1, 0.15) is 21.5 Å². The lowest BCUT2D eigenvalue weighted by atomic mass is 10.1. The first kappa shape index (κ1) is 17.9. The second-order valence-electron chi connectivity index (χ2n) is 5.20. The lowest BCUT2D eigenvalue weighted by Crippen LogP contribution is -2.23. The van der Waals surface area contributed by atoms with Crippen molar-refractivity contribution in [3.05, 3.63) is 52.0 Å². The van der Waals surface area contributed by atoms with Crippen LogP contribution in [0.4, 0.5) is 0 Å². The molecule has 5 nitrogen and oxygen atoms in total. The van der Waals surface area contributed by atoms with Crippen molar-refractivity contribution in [3.63, 3.8) is 0 Å². The molecule has 2 aromatic carbocycles. The number of carbonyl (C=O) groups is 1. The molecule has 0 aromatic heterocycles. The molecule has 0 bridgehead atoms. The van der Waals surface area contributed by atoms with Gasteiger partial charge >= 0.3 is 0 Å². The van der Waals surface area contributed by atoms with Crippen LogP contribution in [-0.2, 0) is 6.54 Å². The molecule has 6 heteroatoms. The SMILES string of the molecule is COc1cc(OC)cc(C(=O)NCc2cc(Cl)c(C)cc2OC)c1. The third-order valence-electron chi connectivity index (χ3n) is 3.61. The third kappa shape index (κ3) is 4.11. The number of rotatable bonds is 6. The predicted molar refractivity (Wildman–Crippen MR) is 93.5 cm³/mol. The number of carbonyl (C=O) groups excluding carboxylic acids is 1. The molecule has 1 amide bonds. The number of nitrogens with one attached hydrogen (secondary N) is 1. The number of benzene rings is 2. The van der Waals surface area contributed by atoms with Gasteiger partial charge in [-0.1, -0.05) is 11.6 Å². The Bertz CT molecular complexity index is 724. The minimum absolute atomic E-state index is 0.244. The monoisotopic (exact) mass is 349 g/mol. The number of amides is 1. The smallest absolute Gasteiger partial charge is 0.251 e. The van der Waals surface area contributed by atoms with Crippen LogP contribution < -0.4 is 19.5 Å². The van der Waals surface area contributed by atoms with E-state index in [2.05, 4.69) is 5.32 Å². The van der Waals surface area contributed by atoms with E-state index >= 15 is 0 Å². The van der Waals surface area contributed by atoms with Crippen LogP contribution in [0, 0.1) is 6.92 Å². The number of ether oxygens (including phenoxy) is 3. The molecule has 0 fully saturated rings. The molecule has 24 heavy (non-hydrogen) atoms. The average Bonchev–Trinajstić information content (AvgIpc) is 2.61. The molecule has 0 aliphatic rings. The van der Waals surface area contributed by atoms with Crippen molar-refractivity contribution in [1.29, 1.82) is 0 Å². The van der Waals surface area contributed by atoms with Crippen LogP contribution in [-0.4, -0.2) is 27.2 Å². The fourth-order valence-corrected chi connectivity index (χ4v) is 2.43. The van der Waals surface area contributed by atoms with Gasteiger partial charge in [-0.05, 0) is 36.8 Å². The van der Waals surface area contributed by atoms with Gasteiger partial charge in [0.1, 0.15) is 17.2 Å². The van der Waals surface area contributed by atoms with Crippen molar-refractivity contribution >= 4 is 17.5 Å². The Morgan fingerprint density at radius 1 is 1.00 bits per heavy atom. The van der Waals surface area contributed by atoms with Crippen LogP contribution in [0.5, 0.6) is 17.2 Å². The van der Waals surface area contributed by atoms with E-state index in [-0.39, 0.29) is 5.91 Å². The second-order valence-corrected chi connectivity index (χ2v) is 5.60. The summed E-state index contributed by atoms with van der Waals surface area (Å²) >= 11 is 6.15. The van der Waals surface area contributed by atoms with Crippen molar-refractivity contribution in [1.82, 2.24) is 5.32 Å². The number of methoxy groups -OCH3 is 3. The molecule has 0 unspecified atom stereocenters. The summed E-state index contributed by atoms with van der Waals surface area (Å²) in [5, 5.41) is 3.48. The molecule has 0 radical (unpaired) electrons. The molecule has 2 aromatic rings. The van der Waals surface area contributed by atoms with Crippen LogP contribution >= 0.6 is 11.6 Å². The van der Waals surface area contributed by atoms with Gasteiger partial charge in [-0.15, -0.1) is 0 Å². The molecule has 2 rings (SSSR count). The van der Waals surface area contributed by atoms with Crippen molar-refractivity contribution in [2.45, 2.75) is 13.5 Å². The molecule has 0 atom stereocenters. The highest BCUT2D eigenvalue weighted by Gasteiger charge is 2.12. The largest absolute Gasteiger partial charge is 0.497 e. The standard InChI is InChI=1S/C18H20ClNO4/c1-11-5-17(24-4)13(8-16(11)19)10-20-18(21)12-6-14(22-2)9-15(7-12)23-3/h5-9H,10H2,1-4H3,(H,20,21). The first-order chi connectivity index (χ1) is 11.5. The zero-order valence-corrected chi connectivity index (χ0v) is 14.9. The van der Waals surface area contributed by atoms with E-state index in [0.717, 1.165) is 11.1 Å². The van der Waals surface area contributed by atoms with Crippen molar-refractivity contribution in [3.8, 4) is 17.2 Å². The van der Waals surface area contributed by atoms with Gasteiger partial charge in [0.2, 0.25) is 0 Å². The maximum absolute atomic E-state index is 12.4. The van der Waals surface area contributed by atoms with E-state index in [4.69, 9.17) is 25.8 Å². The molecule has 0 aliphatic carbocycles. The lowest BCUT2D eigenvalue weighted by molar-refractivity contribution is 0.0950. The topological polar surface area (TPSA) is 56.8 Å². The predicted octanol–water partition coefficient (Wildman–Crippen LogP) is 3.60. The summed E-state index contributed by atoms with van der Waals surface area (Å²) in [5.74, 6) is 1.54. The Morgan fingerprint density at radius 2 is 1.62 bits per heavy atom. The molecule has 0 heterocycles. The van der Waals surface area contributed by atoms with Gasteiger partial charge in [-0.2, -0.15) is 0 Å². The van der Waals surface area contributed by atoms with Gasteiger partial charge in [0.15, 0.2) is 0 Å². The van der Waals surface area contributed by atoms with E-state index in [1.54, 1.807) is 31.4 Å². The van der Waals surface area contributed by atoms with Gasteiger partial charge in [0, 0.05) is 28.8 Å². The maximum Gasteiger partial charge on any atom is 0.251 e. The van der Waals surface area contributed by atoms with Crippen LogP contribution in [0.2, 0.25) is 5.02 Å². The number of halogens is 1. The Kier molecular flexibility index (Phi) is 5.93. The molecule has 0 saturated heterocycles. The summed E-state index contributed by atoms with van der Waals surface area (Å²) in [6.07, 6.45) is 0. The Labute approximate surface area is 146 Å². The van der Waals surface area contributed by atoms with E-state index in [1.807, 2.05) is 13.0 Å². The summed E-state index contributed by atoms with van der Waals surface area (Å²) in [4.78, 5) is 12.4. The van der Waals surface area contributed by atoms with Gasteiger partial charge in [-0.25, -0.2) is 0 Å². The molecule has 0 aliphatic heterocycles. The van der Waals surface area contributed by atoms with Gasteiger partial charge in [0.05, 0.1) is 21.3 Å². The van der Waals surface area contributed by atoms with E-state index in [9.17, 15) is 4.79 Å². The second kappa shape index (κ2) is 7.93. The third-order valence-corrected chi connectivity index (χ3v) is 4.02. The van der Waals surface area contributed by atoms with E-state index < -0.39 is 0 Å². The van der Waals surface area contributed by atoms with Crippen LogP contribution in [0.25, 0.3) is 0 Å². The molecular formula is C18H20ClNO4. The number of aryl methyl sites for hydroxylation is 1. The zero-order chi connectivity index (χ0) is 17.7. The minimum atomic E-state index is -0.244. The maximum atomic E-state index is 12.4. The normalized spacial score (nSPS) is 10.2. The molecule has 128 valence electrons. The summed E-state index contributed by atoms with van der Waals surface area (Å²) in [7, 11) is 4.66. The summed E-state index contributed by atoms with van der Waals surface area (Å²) in [5.41, 5.74) is 2.17. The van der Waals surface area contributed by atoms with E-state index in [1.165, 1.54) is 14.2 Å². The minimum Gasteiger partial charge on any atom is -0.497 e. The Balaban J connectivity index is 2.18. The van der Waals surface area contributed by atoms with Gasteiger partial charge in [-0.3, -0.25) is 4.79 Å². The Morgan fingerprint density at radius 3 is 2.17 bits per heavy atom. The number of hydrogen-bond acceptors (Lipinski definition) is 4. The van der Waals surface area contributed by atoms with E-state index in [0.29, 0.717) is 34.4 Å². The number of hydrogen-bond donors (Lipinski definition) is 1. The molecule has 0 spiro atoms. The first-order valence-corrected chi connectivity index (χ1v) is 7.70. The quantitative estimate of drug-likeness (QED) is 0.865. The van der Waals surface area contributed by atoms with Crippen molar-refractivity contribution < 1.29 is 19.0 Å². The average molecular weight is 350 g/mol. The summed E-state index contributed by atoms with van der Waals surface area (Å²) in [6, 6.07) is 8.65. The fourth-order valence-electron chi connectivity index (χ4n) is 2.24. The molecule has 1 N–H and O–H groups in total. The Hall–Kier alpha value is -2.40. The van der Waals surface area contributed by atoms with Gasteiger partial charge < -0.3 is 19.5 Å². The summed E-state index contributed by atoms with van der Waals surface area (Å²) in [6.45, 7) is 2.19. The van der Waals surface area contributed by atoms with Gasteiger partial charge in [0.25, 0.3) is 5.91 Å². The highest BCUT2D eigenvalue weighted by molar-refractivity contribution is 6.31. The lowest BCUT2D eigenvalue weighted by Gasteiger charge is -2.13. The molecule has 0 saturated carbocycles. The zero-order valence-electron chi connectivity index (χ0n) is 14.1. The van der Waals surface area contributed by atoms with Crippen molar-refractivity contribution in [2.75, 3.05) is 21.3 Å². The van der Waals surface area contributed by atoms with Crippen molar-refractivity contribution in [2.24, 2.45) is 0 Å². The highest BCUT2D eigenvalue weighted by atomic mass is 35.5.